The van der Waals surface area contributed by atoms with Gasteiger partial charge in [-0.05, 0) is 41.5 Å². The summed E-state index contributed by atoms with van der Waals surface area (Å²) in [5, 5.41) is 11.3. The first kappa shape index (κ1) is 14.5. The van der Waals surface area contributed by atoms with Crippen LogP contribution in [-0.2, 0) is 11.2 Å². The fraction of sp³-hybridized carbons (Fsp3) is 0.0588. The lowest BCUT2D eigenvalue weighted by Crippen LogP contribution is -2.07. The molecule has 1 amide bonds. The van der Waals surface area contributed by atoms with Crippen LogP contribution in [0.3, 0.4) is 0 Å². The van der Waals surface area contributed by atoms with Crippen molar-refractivity contribution in [1.82, 2.24) is 0 Å². The molecule has 21 heavy (non-hydrogen) atoms. The van der Waals surface area contributed by atoms with Gasteiger partial charge in [0.05, 0.1) is 12.5 Å². The normalized spacial score (nSPS) is 10.3. The largest absolute Gasteiger partial charge is 0.323 e. The Balaban J connectivity index is 1.97. The molecule has 0 aliphatic carbocycles. The van der Waals surface area contributed by atoms with Gasteiger partial charge in [-0.3, -0.25) is 4.79 Å². The molecule has 0 saturated carbocycles. The topological polar surface area (TPSA) is 52.9 Å². The van der Waals surface area contributed by atoms with E-state index in [0.29, 0.717) is 17.7 Å². The fourth-order valence-corrected chi connectivity index (χ4v) is 1.76. The third-order valence-corrected chi connectivity index (χ3v) is 2.78. The highest BCUT2D eigenvalue weighted by molar-refractivity contribution is 6.01. The minimum absolute atomic E-state index is 0.299. The molecule has 2 aromatic carbocycles. The Kier molecular flexibility index (Phi) is 4.84. The lowest BCUT2D eigenvalue weighted by atomic mass is 10.1. The zero-order valence-corrected chi connectivity index (χ0v) is 11.2. The van der Waals surface area contributed by atoms with Crippen molar-refractivity contribution in [3.05, 3.63) is 71.6 Å². The molecule has 0 fully saturated rings. The van der Waals surface area contributed by atoms with Crippen LogP contribution in [0.2, 0.25) is 0 Å². The number of amides is 1. The average Bonchev–Trinajstić information content (AvgIpc) is 2.48. The monoisotopic (exact) mass is 280 g/mol. The van der Waals surface area contributed by atoms with E-state index in [9.17, 15) is 9.18 Å². The molecule has 4 heteroatoms. The maximum Gasteiger partial charge on any atom is 0.248 e. The zero-order valence-electron chi connectivity index (χ0n) is 11.2. The minimum Gasteiger partial charge on any atom is -0.323 e. The predicted octanol–water partition coefficient (Wildman–Crippen LogP) is 3.54. The Morgan fingerprint density at radius 2 is 2.00 bits per heavy atom. The Bertz CT molecular complexity index is 699. The number of carbonyl (C=O) groups excluding carboxylic acids is 1. The van der Waals surface area contributed by atoms with E-state index in [0.717, 1.165) is 5.56 Å². The predicted molar refractivity (Wildman–Crippen MR) is 79.8 cm³/mol. The Morgan fingerprint density at radius 1 is 1.24 bits per heavy atom. The molecule has 0 aliphatic heterocycles. The van der Waals surface area contributed by atoms with Crippen LogP contribution in [0.5, 0.6) is 0 Å². The van der Waals surface area contributed by atoms with E-state index < -0.39 is 0 Å². The van der Waals surface area contributed by atoms with Gasteiger partial charge >= 0.3 is 0 Å². The van der Waals surface area contributed by atoms with Gasteiger partial charge in [0.1, 0.15) is 5.82 Å². The van der Waals surface area contributed by atoms with Gasteiger partial charge in [-0.15, -0.1) is 0 Å². The summed E-state index contributed by atoms with van der Waals surface area (Å²) in [4.78, 5) is 11.7. The van der Waals surface area contributed by atoms with Gasteiger partial charge in [0.25, 0.3) is 0 Å². The van der Waals surface area contributed by atoms with Gasteiger partial charge in [-0.2, -0.15) is 5.26 Å². The molecule has 0 aromatic heterocycles. The summed E-state index contributed by atoms with van der Waals surface area (Å²) in [7, 11) is 0. The van der Waals surface area contributed by atoms with Gasteiger partial charge in [-0.1, -0.05) is 24.3 Å². The van der Waals surface area contributed by atoms with Crippen LogP contribution in [0, 0.1) is 17.1 Å². The van der Waals surface area contributed by atoms with Crippen molar-refractivity contribution in [2.24, 2.45) is 0 Å². The van der Waals surface area contributed by atoms with Gasteiger partial charge in [-0.25, -0.2) is 4.39 Å². The van der Waals surface area contributed by atoms with Crippen molar-refractivity contribution in [1.29, 1.82) is 5.26 Å². The molecule has 0 atom stereocenters. The standard InChI is InChI=1S/C17H13FN2O/c18-15-3-1-2-14(12-15)6-9-17(21)20-16-7-4-13(5-8-16)10-11-19/h1-9,12H,10H2,(H,20,21). The number of halogens is 1. The van der Waals surface area contributed by atoms with Crippen LogP contribution < -0.4 is 5.32 Å². The van der Waals surface area contributed by atoms with E-state index in [-0.39, 0.29) is 11.7 Å². The number of anilines is 1. The molecule has 0 heterocycles. The van der Waals surface area contributed by atoms with Crippen LogP contribution in [0.25, 0.3) is 6.08 Å². The highest BCUT2D eigenvalue weighted by Crippen LogP contribution is 2.10. The number of benzene rings is 2. The summed E-state index contributed by atoms with van der Waals surface area (Å²) in [5.74, 6) is -0.641. The van der Waals surface area contributed by atoms with E-state index >= 15 is 0 Å². The van der Waals surface area contributed by atoms with Crippen molar-refractivity contribution in [2.75, 3.05) is 5.32 Å². The molecule has 0 bridgehead atoms. The van der Waals surface area contributed by atoms with E-state index in [1.807, 2.05) is 0 Å². The summed E-state index contributed by atoms with van der Waals surface area (Å²) >= 11 is 0. The van der Waals surface area contributed by atoms with Gasteiger partial charge in [0, 0.05) is 11.8 Å². The zero-order chi connectivity index (χ0) is 15.1. The van der Waals surface area contributed by atoms with Crippen molar-refractivity contribution >= 4 is 17.7 Å². The number of hydrogen-bond donors (Lipinski definition) is 1. The number of nitrogens with one attached hydrogen (secondary N) is 1. The molecule has 2 rings (SSSR count). The SMILES string of the molecule is N#CCc1ccc(NC(=O)C=Cc2cccc(F)c2)cc1. The molecule has 0 radical (unpaired) electrons. The fourth-order valence-electron chi connectivity index (χ4n) is 1.76. The van der Waals surface area contributed by atoms with Crippen molar-refractivity contribution in [3.63, 3.8) is 0 Å². The molecule has 1 N–H and O–H groups in total. The number of rotatable bonds is 4. The first-order chi connectivity index (χ1) is 10.2. The number of nitrogens with zero attached hydrogens (tertiary/aromatic N) is 1. The molecule has 0 spiro atoms. The van der Waals surface area contributed by atoms with Crippen LogP contribution in [0.15, 0.2) is 54.6 Å². The van der Waals surface area contributed by atoms with E-state index in [4.69, 9.17) is 5.26 Å². The Labute approximate surface area is 122 Å². The van der Waals surface area contributed by atoms with E-state index in [1.165, 1.54) is 18.2 Å². The van der Waals surface area contributed by atoms with Crippen molar-refractivity contribution in [3.8, 4) is 6.07 Å². The lowest BCUT2D eigenvalue weighted by molar-refractivity contribution is -0.111. The quantitative estimate of drug-likeness (QED) is 0.871. The second kappa shape index (κ2) is 7.01. The third kappa shape index (κ3) is 4.59. The van der Waals surface area contributed by atoms with Crippen LogP contribution >= 0.6 is 0 Å². The van der Waals surface area contributed by atoms with Crippen LogP contribution in [-0.4, -0.2) is 5.91 Å². The number of hydrogen-bond acceptors (Lipinski definition) is 2. The second-order valence-corrected chi connectivity index (χ2v) is 4.41. The van der Waals surface area contributed by atoms with Gasteiger partial charge < -0.3 is 5.32 Å². The Hall–Kier alpha value is -2.93. The summed E-state index contributed by atoms with van der Waals surface area (Å²) in [6.45, 7) is 0. The smallest absolute Gasteiger partial charge is 0.248 e. The third-order valence-electron chi connectivity index (χ3n) is 2.78. The van der Waals surface area contributed by atoms with Crippen LogP contribution in [0.4, 0.5) is 10.1 Å². The highest BCUT2D eigenvalue weighted by Gasteiger charge is 1.99. The summed E-state index contributed by atoms with van der Waals surface area (Å²) < 4.78 is 13.0. The molecule has 0 unspecified atom stereocenters. The molecule has 0 saturated heterocycles. The average molecular weight is 280 g/mol. The molecule has 3 nitrogen and oxygen atoms in total. The highest BCUT2D eigenvalue weighted by atomic mass is 19.1. The van der Waals surface area contributed by atoms with Crippen molar-refractivity contribution < 1.29 is 9.18 Å². The van der Waals surface area contributed by atoms with Crippen molar-refractivity contribution in [2.45, 2.75) is 6.42 Å². The van der Waals surface area contributed by atoms with E-state index in [2.05, 4.69) is 11.4 Å². The summed E-state index contributed by atoms with van der Waals surface area (Å²) in [5.41, 5.74) is 2.16. The van der Waals surface area contributed by atoms with Crippen LogP contribution in [0.1, 0.15) is 11.1 Å². The molecular weight excluding hydrogens is 267 g/mol. The summed E-state index contributed by atoms with van der Waals surface area (Å²) in [6.07, 6.45) is 3.23. The number of nitriles is 1. The maximum absolute atomic E-state index is 13.0. The second-order valence-electron chi connectivity index (χ2n) is 4.41. The number of carbonyl (C=O) groups is 1. The first-order valence-corrected chi connectivity index (χ1v) is 6.38. The first-order valence-electron chi connectivity index (χ1n) is 6.38. The Morgan fingerprint density at radius 3 is 2.67 bits per heavy atom. The molecule has 104 valence electrons. The molecule has 0 aliphatic rings. The van der Waals surface area contributed by atoms with Gasteiger partial charge in [0.2, 0.25) is 5.91 Å². The molecule has 2 aromatic rings. The minimum atomic E-state index is -0.342. The summed E-state index contributed by atoms with van der Waals surface area (Å²) in [6, 6.07) is 15.1. The maximum atomic E-state index is 13.0. The van der Waals surface area contributed by atoms with E-state index in [1.54, 1.807) is 42.5 Å². The lowest BCUT2D eigenvalue weighted by Gasteiger charge is -2.02. The van der Waals surface area contributed by atoms with Gasteiger partial charge in [0.15, 0.2) is 0 Å². The molecular formula is C17H13FN2O.